The summed E-state index contributed by atoms with van der Waals surface area (Å²) in [7, 11) is 1.67. The maximum atomic E-state index is 13.5. The Morgan fingerprint density at radius 1 is 1.10 bits per heavy atom. The summed E-state index contributed by atoms with van der Waals surface area (Å²) in [6.07, 6.45) is 0. The zero-order valence-corrected chi connectivity index (χ0v) is 18.1. The molecule has 0 aliphatic heterocycles. The van der Waals surface area contributed by atoms with Crippen molar-refractivity contribution in [1.29, 1.82) is 0 Å². The highest BCUT2D eigenvalue weighted by Crippen LogP contribution is 2.25. The summed E-state index contributed by atoms with van der Waals surface area (Å²) in [5, 5.41) is 5.65. The Morgan fingerprint density at radius 3 is 2.33 bits per heavy atom. The fraction of sp³-hybridized carbons (Fsp3) is 0.143. The number of nitrogens with two attached hydrogens (primary N) is 1. The van der Waals surface area contributed by atoms with Gasteiger partial charge in [0.1, 0.15) is 10.8 Å². The summed E-state index contributed by atoms with van der Waals surface area (Å²) in [5.41, 5.74) is 7.71. The summed E-state index contributed by atoms with van der Waals surface area (Å²) in [6, 6.07) is 15.3. The van der Waals surface area contributed by atoms with Crippen LogP contribution in [0.2, 0.25) is 0 Å². The van der Waals surface area contributed by atoms with Gasteiger partial charge in [-0.1, -0.05) is 42.0 Å². The molecule has 0 fully saturated rings. The lowest BCUT2D eigenvalue weighted by Crippen LogP contribution is -2.17. The first-order chi connectivity index (χ1) is 14.3. The Morgan fingerprint density at radius 2 is 1.77 bits per heavy atom. The van der Waals surface area contributed by atoms with Crippen LogP contribution in [-0.4, -0.2) is 18.9 Å². The van der Waals surface area contributed by atoms with Crippen LogP contribution < -0.4 is 21.0 Å². The molecular weight excluding hydrogens is 424 g/mol. The van der Waals surface area contributed by atoms with Crippen molar-refractivity contribution in [1.82, 2.24) is 5.32 Å². The maximum absolute atomic E-state index is 13.5. The normalized spacial score (nSPS) is 10.2. The highest BCUT2D eigenvalue weighted by Gasteiger charge is 2.18. The molecule has 0 atom stereocenters. The summed E-state index contributed by atoms with van der Waals surface area (Å²) < 4.78 is 24.6. The predicted molar refractivity (Wildman–Crippen MR) is 118 cm³/mol. The minimum absolute atomic E-state index is 0.0399. The zero-order valence-electron chi connectivity index (χ0n) is 16.4. The first kappa shape index (κ1) is 23.3. The number of benzene rings is 2. The fourth-order valence-electron chi connectivity index (χ4n) is 2.42. The van der Waals surface area contributed by atoms with Crippen molar-refractivity contribution in [3.8, 4) is 0 Å². The molecule has 0 aliphatic rings. The SMILES string of the molecule is CNCc1ccc(C)cc1.NC(=O)c1cc(P=O)sc1NC(=O)c1ccccc1F. The van der Waals surface area contributed by atoms with Crippen LogP contribution in [-0.2, 0) is 11.1 Å². The number of halogens is 1. The van der Waals surface area contributed by atoms with Crippen molar-refractivity contribution in [2.75, 3.05) is 12.4 Å². The first-order valence-electron chi connectivity index (χ1n) is 8.88. The number of rotatable bonds is 6. The largest absolute Gasteiger partial charge is 0.366 e. The van der Waals surface area contributed by atoms with E-state index in [1.807, 2.05) is 7.05 Å². The van der Waals surface area contributed by atoms with Gasteiger partial charge in [0.05, 0.1) is 15.7 Å². The van der Waals surface area contributed by atoms with Gasteiger partial charge in [-0.15, -0.1) is 11.3 Å². The van der Waals surface area contributed by atoms with Crippen molar-refractivity contribution in [3.05, 3.63) is 82.7 Å². The van der Waals surface area contributed by atoms with Crippen LogP contribution in [0.15, 0.2) is 54.6 Å². The average molecular weight is 445 g/mol. The maximum Gasteiger partial charge on any atom is 0.259 e. The smallest absolute Gasteiger partial charge is 0.259 e. The van der Waals surface area contributed by atoms with E-state index in [1.165, 1.54) is 35.4 Å². The fourth-order valence-corrected chi connectivity index (χ4v) is 3.83. The second-order valence-corrected chi connectivity index (χ2v) is 8.25. The Labute approximate surface area is 179 Å². The lowest BCUT2D eigenvalue weighted by molar-refractivity contribution is 0.100. The molecule has 9 heteroatoms. The number of anilines is 1. The molecule has 1 aromatic heterocycles. The van der Waals surface area contributed by atoms with E-state index < -0.39 is 17.6 Å². The lowest BCUT2D eigenvalue weighted by Gasteiger charge is -2.05. The van der Waals surface area contributed by atoms with Gasteiger partial charge >= 0.3 is 0 Å². The molecular formula is C21H21FN3O3PS. The summed E-state index contributed by atoms with van der Waals surface area (Å²) in [4.78, 5) is 23.2. The van der Waals surface area contributed by atoms with Gasteiger partial charge in [-0.05, 0) is 37.7 Å². The third-order valence-electron chi connectivity index (χ3n) is 3.92. The molecule has 0 unspecified atom stereocenters. The monoisotopic (exact) mass is 445 g/mol. The molecule has 0 spiro atoms. The van der Waals surface area contributed by atoms with Gasteiger partial charge < -0.3 is 16.4 Å². The molecule has 2 amide bonds. The second kappa shape index (κ2) is 11.3. The number of hydrogen-bond donors (Lipinski definition) is 3. The van der Waals surface area contributed by atoms with Crippen LogP contribution in [0.5, 0.6) is 0 Å². The molecule has 156 valence electrons. The van der Waals surface area contributed by atoms with Crippen molar-refractivity contribution in [3.63, 3.8) is 0 Å². The molecule has 0 radical (unpaired) electrons. The summed E-state index contributed by atoms with van der Waals surface area (Å²) in [5.74, 6) is -2.15. The van der Waals surface area contributed by atoms with Crippen LogP contribution in [0.25, 0.3) is 0 Å². The molecule has 0 bridgehead atoms. The van der Waals surface area contributed by atoms with Crippen LogP contribution in [0.3, 0.4) is 0 Å². The minimum atomic E-state index is -0.764. The van der Waals surface area contributed by atoms with Gasteiger partial charge in [-0.3, -0.25) is 14.2 Å². The molecule has 3 aromatic rings. The predicted octanol–water partition coefficient (Wildman–Crippen LogP) is 3.87. The molecule has 4 N–H and O–H groups in total. The summed E-state index contributed by atoms with van der Waals surface area (Å²) in [6.45, 7) is 3.06. The molecule has 6 nitrogen and oxygen atoms in total. The number of carbonyl (C=O) groups excluding carboxylic acids is 2. The minimum Gasteiger partial charge on any atom is -0.366 e. The van der Waals surface area contributed by atoms with Gasteiger partial charge in [0, 0.05) is 6.54 Å². The Kier molecular flexibility index (Phi) is 8.80. The standard InChI is InChI=1S/C12H8FN2O3PS.C9H13N/c13-8-4-2-1-3-6(8)11(17)15-12-7(10(14)16)5-9(19-18)20-12;1-8-3-5-9(6-4-8)7-10-2/h1-5H,(H2,14,16)(H,15,17);3-6,10H,7H2,1-2H3. The number of nitrogens with one attached hydrogen (secondary N) is 2. The van der Waals surface area contributed by atoms with E-state index in [0.29, 0.717) is 4.62 Å². The number of thiophene rings is 1. The zero-order chi connectivity index (χ0) is 22.1. The Hall–Kier alpha value is -2.93. The van der Waals surface area contributed by atoms with Crippen LogP contribution in [0, 0.1) is 12.7 Å². The number of aryl methyl sites for hydroxylation is 1. The quantitative estimate of drug-likeness (QED) is 0.502. The third kappa shape index (κ3) is 6.56. The Bertz CT molecular complexity index is 1040. The molecule has 3 rings (SSSR count). The number of carbonyl (C=O) groups is 2. The van der Waals surface area contributed by atoms with E-state index in [2.05, 4.69) is 41.8 Å². The van der Waals surface area contributed by atoms with E-state index in [-0.39, 0.29) is 24.6 Å². The highest BCUT2D eigenvalue weighted by molar-refractivity contribution is 7.48. The summed E-state index contributed by atoms with van der Waals surface area (Å²) >= 11 is 0.937. The molecule has 30 heavy (non-hydrogen) atoms. The highest BCUT2D eigenvalue weighted by atomic mass is 32.1. The van der Waals surface area contributed by atoms with E-state index in [9.17, 15) is 18.5 Å². The van der Waals surface area contributed by atoms with E-state index in [1.54, 1.807) is 0 Å². The topological polar surface area (TPSA) is 101 Å². The second-order valence-electron chi connectivity index (χ2n) is 6.23. The van der Waals surface area contributed by atoms with Crippen molar-refractivity contribution < 1.29 is 18.5 Å². The van der Waals surface area contributed by atoms with Crippen molar-refractivity contribution >= 4 is 41.2 Å². The van der Waals surface area contributed by atoms with Gasteiger partial charge in [0.25, 0.3) is 11.8 Å². The van der Waals surface area contributed by atoms with Gasteiger partial charge in [0.15, 0.2) is 0 Å². The lowest BCUT2D eigenvalue weighted by atomic mass is 10.1. The van der Waals surface area contributed by atoms with Crippen LogP contribution in [0.4, 0.5) is 9.39 Å². The van der Waals surface area contributed by atoms with Crippen LogP contribution >= 0.6 is 19.8 Å². The molecule has 0 saturated heterocycles. The molecule has 2 aromatic carbocycles. The van der Waals surface area contributed by atoms with Crippen molar-refractivity contribution in [2.45, 2.75) is 13.5 Å². The Balaban J connectivity index is 0.000000269. The van der Waals surface area contributed by atoms with Gasteiger partial charge in [0.2, 0.25) is 8.46 Å². The number of amides is 2. The van der Waals surface area contributed by atoms with E-state index in [4.69, 9.17) is 5.73 Å². The van der Waals surface area contributed by atoms with Gasteiger partial charge in [-0.2, -0.15) is 0 Å². The van der Waals surface area contributed by atoms with E-state index in [0.717, 1.165) is 23.9 Å². The molecule has 0 aliphatic carbocycles. The van der Waals surface area contributed by atoms with E-state index >= 15 is 0 Å². The number of primary amides is 1. The molecule has 0 saturated carbocycles. The average Bonchev–Trinajstić information content (AvgIpc) is 3.14. The van der Waals surface area contributed by atoms with Crippen molar-refractivity contribution in [2.24, 2.45) is 5.73 Å². The van der Waals surface area contributed by atoms with Gasteiger partial charge in [-0.25, -0.2) is 4.39 Å². The third-order valence-corrected chi connectivity index (χ3v) is 5.58. The number of hydrogen-bond acceptors (Lipinski definition) is 5. The van der Waals surface area contributed by atoms with Crippen LogP contribution in [0.1, 0.15) is 31.8 Å². The molecule has 1 heterocycles. The first-order valence-corrected chi connectivity index (χ1v) is 10.5.